The number of benzene rings is 1. The maximum atomic E-state index is 12.6. The van der Waals surface area contributed by atoms with E-state index in [-0.39, 0.29) is 24.2 Å². The van der Waals surface area contributed by atoms with Crippen molar-refractivity contribution in [2.75, 3.05) is 19.6 Å². The van der Waals surface area contributed by atoms with Gasteiger partial charge in [-0.2, -0.15) is 0 Å². The fourth-order valence-electron chi connectivity index (χ4n) is 3.12. The van der Waals surface area contributed by atoms with Crippen LogP contribution in [0.5, 0.6) is 0 Å². The number of piperidine rings is 1. The predicted molar refractivity (Wildman–Crippen MR) is 101 cm³/mol. The lowest BCUT2D eigenvalue weighted by Gasteiger charge is -2.32. The first-order chi connectivity index (χ1) is 11.6. The Morgan fingerprint density at radius 3 is 2.28 bits per heavy atom. The zero-order chi connectivity index (χ0) is 16.9. The molecule has 25 heavy (non-hydrogen) atoms. The molecule has 0 bridgehead atoms. The molecule has 6 heteroatoms. The van der Waals surface area contributed by atoms with Crippen LogP contribution in [0.4, 0.5) is 0 Å². The van der Waals surface area contributed by atoms with Gasteiger partial charge in [-0.3, -0.25) is 9.59 Å². The molecule has 0 unspecified atom stereocenters. The van der Waals surface area contributed by atoms with Gasteiger partial charge in [-0.25, -0.2) is 0 Å². The number of amides is 2. The van der Waals surface area contributed by atoms with Gasteiger partial charge >= 0.3 is 0 Å². The summed E-state index contributed by atoms with van der Waals surface area (Å²) in [6.45, 7) is 4.81. The molecule has 1 aliphatic carbocycles. The Labute approximate surface area is 155 Å². The van der Waals surface area contributed by atoms with Crippen molar-refractivity contribution in [3.8, 4) is 0 Å². The summed E-state index contributed by atoms with van der Waals surface area (Å²) in [5.41, 5.74) is 1.73. The second kappa shape index (κ2) is 9.20. The van der Waals surface area contributed by atoms with Gasteiger partial charge in [0, 0.05) is 38.2 Å². The molecule has 5 nitrogen and oxygen atoms in total. The van der Waals surface area contributed by atoms with Crippen LogP contribution in [0.15, 0.2) is 24.3 Å². The van der Waals surface area contributed by atoms with Gasteiger partial charge in [0.1, 0.15) is 0 Å². The van der Waals surface area contributed by atoms with E-state index in [0.29, 0.717) is 12.6 Å². The van der Waals surface area contributed by atoms with Gasteiger partial charge < -0.3 is 15.5 Å². The monoisotopic (exact) mass is 365 g/mol. The van der Waals surface area contributed by atoms with Gasteiger partial charge in [0.05, 0.1) is 0 Å². The summed E-state index contributed by atoms with van der Waals surface area (Å²) in [5, 5.41) is 6.40. The van der Waals surface area contributed by atoms with Crippen LogP contribution in [0, 0.1) is 5.92 Å². The van der Waals surface area contributed by atoms with Crippen molar-refractivity contribution in [1.82, 2.24) is 15.5 Å². The van der Waals surface area contributed by atoms with Gasteiger partial charge in [0.25, 0.3) is 5.91 Å². The third kappa shape index (κ3) is 6.01. The molecular weight excluding hydrogens is 338 g/mol. The first-order valence-electron chi connectivity index (χ1n) is 8.98. The van der Waals surface area contributed by atoms with Crippen molar-refractivity contribution in [1.29, 1.82) is 0 Å². The standard InChI is InChI=1S/C19H27N3O2.ClH/c1-14(23)20-12-16-4-6-17(7-5-16)19(24)22-10-8-18(9-11-22)21-13-15-2-3-15;/h4-7,15,18,21H,2-3,8-13H2,1H3,(H,20,23);1H. The van der Waals surface area contributed by atoms with E-state index in [4.69, 9.17) is 0 Å². The fraction of sp³-hybridized carbons (Fsp3) is 0.579. The molecule has 2 N–H and O–H groups in total. The molecule has 0 radical (unpaired) electrons. The molecule has 3 rings (SSSR count). The molecule has 2 fully saturated rings. The van der Waals surface area contributed by atoms with E-state index < -0.39 is 0 Å². The minimum Gasteiger partial charge on any atom is -0.352 e. The van der Waals surface area contributed by atoms with E-state index in [0.717, 1.165) is 49.5 Å². The summed E-state index contributed by atoms with van der Waals surface area (Å²) in [6.07, 6.45) is 4.84. The molecule has 1 heterocycles. The van der Waals surface area contributed by atoms with Crippen LogP contribution in [-0.2, 0) is 11.3 Å². The smallest absolute Gasteiger partial charge is 0.253 e. The summed E-state index contributed by atoms with van der Waals surface area (Å²) in [5.74, 6) is 0.968. The number of carbonyl (C=O) groups is 2. The van der Waals surface area contributed by atoms with Crippen molar-refractivity contribution in [2.24, 2.45) is 5.92 Å². The second-order valence-corrected chi connectivity index (χ2v) is 7.02. The molecule has 1 saturated heterocycles. The predicted octanol–water partition coefficient (Wildman–Crippen LogP) is 2.35. The minimum absolute atomic E-state index is 0. The summed E-state index contributed by atoms with van der Waals surface area (Å²) < 4.78 is 0. The summed E-state index contributed by atoms with van der Waals surface area (Å²) in [6, 6.07) is 8.10. The highest BCUT2D eigenvalue weighted by atomic mass is 35.5. The Morgan fingerprint density at radius 1 is 1.08 bits per heavy atom. The Kier molecular flexibility index (Phi) is 7.26. The summed E-state index contributed by atoms with van der Waals surface area (Å²) in [4.78, 5) is 25.5. The van der Waals surface area contributed by atoms with E-state index in [1.807, 2.05) is 29.2 Å². The van der Waals surface area contributed by atoms with Crippen LogP contribution in [0.3, 0.4) is 0 Å². The number of halogens is 1. The number of nitrogens with zero attached hydrogens (tertiary/aromatic N) is 1. The average molecular weight is 366 g/mol. The zero-order valence-electron chi connectivity index (χ0n) is 14.8. The van der Waals surface area contributed by atoms with Crippen LogP contribution in [-0.4, -0.2) is 42.4 Å². The van der Waals surface area contributed by atoms with E-state index in [2.05, 4.69) is 10.6 Å². The maximum Gasteiger partial charge on any atom is 0.253 e. The van der Waals surface area contributed by atoms with Crippen molar-refractivity contribution in [3.05, 3.63) is 35.4 Å². The highest BCUT2D eigenvalue weighted by Gasteiger charge is 2.26. The van der Waals surface area contributed by atoms with Crippen LogP contribution in [0.1, 0.15) is 48.5 Å². The molecule has 1 aromatic rings. The SMILES string of the molecule is CC(=O)NCc1ccc(C(=O)N2CCC(NCC3CC3)CC2)cc1.Cl. The highest BCUT2D eigenvalue weighted by Crippen LogP contribution is 2.28. The maximum absolute atomic E-state index is 12.6. The number of hydrogen-bond acceptors (Lipinski definition) is 3. The lowest BCUT2D eigenvalue weighted by molar-refractivity contribution is -0.119. The molecule has 2 aliphatic rings. The molecule has 1 aliphatic heterocycles. The topological polar surface area (TPSA) is 61.4 Å². The normalized spacial score (nSPS) is 17.7. The Hall–Kier alpha value is -1.59. The average Bonchev–Trinajstić information content (AvgIpc) is 3.43. The van der Waals surface area contributed by atoms with Gasteiger partial charge in [0.15, 0.2) is 0 Å². The van der Waals surface area contributed by atoms with Crippen molar-refractivity contribution in [3.63, 3.8) is 0 Å². The first kappa shape index (κ1) is 19.7. The molecule has 0 spiro atoms. The lowest BCUT2D eigenvalue weighted by atomic mass is 10.0. The Bertz CT molecular complexity index is 579. The van der Waals surface area contributed by atoms with Crippen LogP contribution in [0.2, 0.25) is 0 Å². The van der Waals surface area contributed by atoms with Gasteiger partial charge in [-0.15, -0.1) is 12.4 Å². The van der Waals surface area contributed by atoms with Gasteiger partial charge in [-0.1, -0.05) is 12.1 Å². The van der Waals surface area contributed by atoms with Crippen LogP contribution < -0.4 is 10.6 Å². The first-order valence-corrected chi connectivity index (χ1v) is 8.98. The van der Waals surface area contributed by atoms with Crippen LogP contribution in [0.25, 0.3) is 0 Å². The molecule has 0 atom stereocenters. The third-order valence-electron chi connectivity index (χ3n) is 4.92. The number of hydrogen-bond donors (Lipinski definition) is 2. The minimum atomic E-state index is -0.0479. The second-order valence-electron chi connectivity index (χ2n) is 7.02. The number of nitrogens with one attached hydrogen (secondary N) is 2. The highest BCUT2D eigenvalue weighted by molar-refractivity contribution is 5.94. The number of carbonyl (C=O) groups excluding carboxylic acids is 2. The molecule has 1 saturated carbocycles. The number of likely N-dealkylation sites (tertiary alicyclic amines) is 1. The van der Waals surface area contributed by atoms with Gasteiger partial charge in [0.2, 0.25) is 5.91 Å². The molecule has 1 aromatic carbocycles. The summed E-state index contributed by atoms with van der Waals surface area (Å²) in [7, 11) is 0. The quantitative estimate of drug-likeness (QED) is 0.813. The third-order valence-corrected chi connectivity index (χ3v) is 4.92. The summed E-state index contributed by atoms with van der Waals surface area (Å²) >= 11 is 0. The van der Waals surface area contributed by atoms with E-state index in [1.165, 1.54) is 19.8 Å². The largest absolute Gasteiger partial charge is 0.352 e. The lowest BCUT2D eigenvalue weighted by Crippen LogP contribution is -2.45. The van der Waals surface area contributed by atoms with Crippen LogP contribution >= 0.6 is 12.4 Å². The Balaban J connectivity index is 0.00000225. The zero-order valence-corrected chi connectivity index (χ0v) is 15.6. The molecule has 138 valence electrons. The van der Waals surface area contributed by atoms with Crippen molar-refractivity contribution < 1.29 is 9.59 Å². The van der Waals surface area contributed by atoms with Crippen molar-refractivity contribution >= 4 is 24.2 Å². The Morgan fingerprint density at radius 2 is 1.72 bits per heavy atom. The van der Waals surface area contributed by atoms with Crippen molar-refractivity contribution in [2.45, 2.75) is 45.2 Å². The van der Waals surface area contributed by atoms with E-state index >= 15 is 0 Å². The van der Waals surface area contributed by atoms with E-state index in [9.17, 15) is 9.59 Å². The molecular formula is C19H28ClN3O2. The van der Waals surface area contributed by atoms with E-state index in [1.54, 1.807) is 0 Å². The number of rotatable bonds is 6. The molecule has 0 aromatic heterocycles. The van der Waals surface area contributed by atoms with Gasteiger partial charge in [-0.05, 0) is 55.8 Å². The molecule has 2 amide bonds. The fourth-order valence-corrected chi connectivity index (χ4v) is 3.12.